The van der Waals surface area contributed by atoms with Crippen molar-refractivity contribution in [2.24, 2.45) is 5.73 Å². The van der Waals surface area contributed by atoms with Gasteiger partial charge < -0.3 is 10.5 Å². The highest BCUT2D eigenvalue weighted by Gasteiger charge is 2.08. The molecular formula is C18H16ClNO. The molecule has 3 heteroatoms. The molecular weight excluding hydrogens is 282 g/mol. The SMILES string of the molecule is Cc1cc(Cl)ccc1Oc1ccc(CN)c2ccccc12. The Morgan fingerprint density at radius 2 is 1.67 bits per heavy atom. The van der Waals surface area contributed by atoms with Crippen LogP contribution in [0.2, 0.25) is 5.02 Å². The Morgan fingerprint density at radius 1 is 0.952 bits per heavy atom. The van der Waals surface area contributed by atoms with Crippen molar-refractivity contribution in [1.29, 1.82) is 0 Å². The van der Waals surface area contributed by atoms with Gasteiger partial charge in [-0.15, -0.1) is 0 Å². The Bertz CT molecular complexity index is 798. The van der Waals surface area contributed by atoms with E-state index in [9.17, 15) is 0 Å². The molecule has 0 aliphatic rings. The summed E-state index contributed by atoms with van der Waals surface area (Å²) >= 11 is 5.99. The molecule has 0 radical (unpaired) electrons. The second-order valence-electron chi connectivity index (χ2n) is 4.98. The van der Waals surface area contributed by atoms with Gasteiger partial charge in [0, 0.05) is 17.0 Å². The number of aryl methyl sites for hydroxylation is 1. The summed E-state index contributed by atoms with van der Waals surface area (Å²) in [5, 5.41) is 2.90. The van der Waals surface area contributed by atoms with Crippen LogP contribution in [0.15, 0.2) is 54.6 Å². The lowest BCUT2D eigenvalue weighted by atomic mass is 10.0. The minimum absolute atomic E-state index is 0.515. The van der Waals surface area contributed by atoms with E-state index in [1.165, 1.54) is 0 Å². The maximum atomic E-state index is 6.08. The summed E-state index contributed by atoms with van der Waals surface area (Å²) in [7, 11) is 0. The third-order valence-corrected chi connectivity index (χ3v) is 3.79. The van der Waals surface area contributed by atoms with Gasteiger partial charge in [0.2, 0.25) is 0 Å². The van der Waals surface area contributed by atoms with Gasteiger partial charge in [0.15, 0.2) is 0 Å². The molecule has 0 bridgehead atoms. The van der Waals surface area contributed by atoms with Gasteiger partial charge in [0.05, 0.1) is 0 Å². The van der Waals surface area contributed by atoms with Crippen LogP contribution in [0.25, 0.3) is 10.8 Å². The van der Waals surface area contributed by atoms with Crippen LogP contribution in [-0.2, 0) is 6.54 Å². The van der Waals surface area contributed by atoms with E-state index in [2.05, 4.69) is 12.1 Å². The van der Waals surface area contributed by atoms with E-state index in [1.54, 1.807) is 0 Å². The van der Waals surface area contributed by atoms with Gasteiger partial charge >= 0.3 is 0 Å². The third-order valence-electron chi connectivity index (χ3n) is 3.55. The normalized spacial score (nSPS) is 10.8. The van der Waals surface area contributed by atoms with Gasteiger partial charge in [-0.2, -0.15) is 0 Å². The van der Waals surface area contributed by atoms with Crippen LogP contribution in [0.1, 0.15) is 11.1 Å². The van der Waals surface area contributed by atoms with Gasteiger partial charge in [0.25, 0.3) is 0 Å². The zero-order valence-corrected chi connectivity index (χ0v) is 12.5. The van der Waals surface area contributed by atoms with E-state index in [0.717, 1.165) is 33.4 Å². The van der Waals surface area contributed by atoms with Crippen molar-refractivity contribution < 1.29 is 4.74 Å². The van der Waals surface area contributed by atoms with Crippen LogP contribution in [0.5, 0.6) is 11.5 Å². The molecule has 0 aromatic heterocycles. The lowest BCUT2D eigenvalue weighted by molar-refractivity contribution is 0.484. The molecule has 3 aromatic rings. The molecule has 0 saturated heterocycles. The standard InChI is InChI=1S/C18H16ClNO/c1-12-10-14(19)7-9-17(12)21-18-8-6-13(11-20)15-4-2-3-5-16(15)18/h2-10H,11,20H2,1H3. The third kappa shape index (κ3) is 2.73. The second kappa shape index (κ2) is 5.76. The first-order chi connectivity index (χ1) is 10.2. The van der Waals surface area contributed by atoms with Crippen LogP contribution in [0.4, 0.5) is 0 Å². The fraction of sp³-hybridized carbons (Fsp3) is 0.111. The van der Waals surface area contributed by atoms with E-state index in [0.29, 0.717) is 11.6 Å². The molecule has 3 aromatic carbocycles. The number of fused-ring (bicyclic) bond motifs is 1. The Kier molecular flexibility index (Phi) is 3.82. The lowest BCUT2D eigenvalue weighted by Gasteiger charge is -2.13. The number of rotatable bonds is 3. The lowest BCUT2D eigenvalue weighted by Crippen LogP contribution is -1.98. The molecule has 0 heterocycles. The van der Waals surface area contributed by atoms with Gasteiger partial charge in [-0.05, 0) is 47.7 Å². The van der Waals surface area contributed by atoms with E-state index in [1.807, 2.05) is 49.4 Å². The fourth-order valence-electron chi connectivity index (χ4n) is 2.45. The molecule has 0 amide bonds. The van der Waals surface area contributed by atoms with Crippen LogP contribution in [0, 0.1) is 6.92 Å². The van der Waals surface area contributed by atoms with Crippen molar-refractivity contribution in [3.63, 3.8) is 0 Å². The quantitative estimate of drug-likeness (QED) is 0.734. The number of benzene rings is 3. The van der Waals surface area contributed by atoms with Crippen molar-refractivity contribution in [3.8, 4) is 11.5 Å². The molecule has 0 unspecified atom stereocenters. The zero-order chi connectivity index (χ0) is 14.8. The molecule has 106 valence electrons. The first-order valence-electron chi connectivity index (χ1n) is 6.84. The predicted molar refractivity (Wildman–Crippen MR) is 88.1 cm³/mol. The van der Waals surface area contributed by atoms with Crippen molar-refractivity contribution in [2.45, 2.75) is 13.5 Å². The van der Waals surface area contributed by atoms with Crippen molar-refractivity contribution >= 4 is 22.4 Å². The summed E-state index contributed by atoms with van der Waals surface area (Å²) < 4.78 is 6.08. The summed E-state index contributed by atoms with van der Waals surface area (Å²) in [6, 6.07) is 17.7. The van der Waals surface area contributed by atoms with Crippen LogP contribution in [-0.4, -0.2) is 0 Å². The summed E-state index contributed by atoms with van der Waals surface area (Å²) in [6.07, 6.45) is 0. The Morgan fingerprint density at radius 3 is 2.38 bits per heavy atom. The van der Waals surface area contributed by atoms with Crippen LogP contribution in [0.3, 0.4) is 0 Å². The summed E-state index contributed by atoms with van der Waals surface area (Å²) in [4.78, 5) is 0. The largest absolute Gasteiger partial charge is 0.456 e. The van der Waals surface area contributed by atoms with E-state index >= 15 is 0 Å². The predicted octanol–water partition coefficient (Wildman–Crippen LogP) is 5.05. The zero-order valence-electron chi connectivity index (χ0n) is 11.8. The van der Waals surface area contributed by atoms with Gasteiger partial charge in [-0.3, -0.25) is 0 Å². The monoisotopic (exact) mass is 297 g/mol. The number of nitrogens with two attached hydrogens (primary N) is 1. The molecule has 0 fully saturated rings. The van der Waals surface area contributed by atoms with Gasteiger partial charge in [-0.25, -0.2) is 0 Å². The molecule has 2 nitrogen and oxygen atoms in total. The molecule has 0 atom stereocenters. The Hall–Kier alpha value is -2.03. The topological polar surface area (TPSA) is 35.2 Å². The average molecular weight is 298 g/mol. The highest BCUT2D eigenvalue weighted by atomic mass is 35.5. The Labute approximate surface area is 129 Å². The molecule has 0 aliphatic carbocycles. The van der Waals surface area contributed by atoms with Gasteiger partial charge in [-0.1, -0.05) is 41.9 Å². The number of ether oxygens (including phenoxy) is 1. The molecule has 21 heavy (non-hydrogen) atoms. The summed E-state index contributed by atoms with van der Waals surface area (Å²) in [5.41, 5.74) is 7.93. The number of hydrogen-bond acceptors (Lipinski definition) is 2. The molecule has 0 spiro atoms. The average Bonchev–Trinajstić information content (AvgIpc) is 2.50. The van der Waals surface area contributed by atoms with Crippen molar-refractivity contribution in [1.82, 2.24) is 0 Å². The summed E-state index contributed by atoms with van der Waals surface area (Å²) in [6.45, 7) is 2.50. The molecule has 0 saturated carbocycles. The highest BCUT2D eigenvalue weighted by molar-refractivity contribution is 6.30. The van der Waals surface area contributed by atoms with E-state index in [4.69, 9.17) is 22.1 Å². The van der Waals surface area contributed by atoms with Crippen LogP contribution >= 0.6 is 11.6 Å². The Balaban J connectivity index is 2.09. The molecule has 2 N–H and O–H groups in total. The van der Waals surface area contributed by atoms with Crippen molar-refractivity contribution in [2.75, 3.05) is 0 Å². The van der Waals surface area contributed by atoms with Crippen molar-refractivity contribution in [3.05, 3.63) is 70.7 Å². The number of hydrogen-bond donors (Lipinski definition) is 1. The maximum absolute atomic E-state index is 6.08. The van der Waals surface area contributed by atoms with E-state index in [-0.39, 0.29) is 0 Å². The molecule has 3 rings (SSSR count). The van der Waals surface area contributed by atoms with Gasteiger partial charge in [0.1, 0.15) is 11.5 Å². The number of halogens is 1. The summed E-state index contributed by atoms with van der Waals surface area (Å²) in [5.74, 6) is 1.64. The second-order valence-corrected chi connectivity index (χ2v) is 5.42. The maximum Gasteiger partial charge on any atom is 0.135 e. The molecule has 0 aliphatic heterocycles. The first-order valence-corrected chi connectivity index (χ1v) is 7.21. The minimum atomic E-state index is 0.515. The van der Waals surface area contributed by atoms with Crippen LogP contribution < -0.4 is 10.5 Å². The minimum Gasteiger partial charge on any atom is -0.456 e. The fourth-order valence-corrected chi connectivity index (χ4v) is 2.67. The van der Waals surface area contributed by atoms with E-state index < -0.39 is 0 Å². The first kappa shape index (κ1) is 13.9. The smallest absolute Gasteiger partial charge is 0.135 e. The highest BCUT2D eigenvalue weighted by Crippen LogP contribution is 2.33.